The van der Waals surface area contributed by atoms with Crippen LogP contribution >= 0.6 is 0 Å². The minimum Gasteiger partial charge on any atom is -0.370 e. The number of rotatable bonds is 6. The normalized spacial score (nSPS) is 11.2. The van der Waals surface area contributed by atoms with Crippen LogP contribution in [0.2, 0.25) is 0 Å². The summed E-state index contributed by atoms with van der Waals surface area (Å²) in [6.07, 6.45) is 0.965. The minimum atomic E-state index is -0.0745. The average molecular weight is 262 g/mol. The zero-order chi connectivity index (χ0) is 14.1. The molecule has 0 spiro atoms. The highest BCUT2D eigenvalue weighted by molar-refractivity contribution is 5.94. The van der Waals surface area contributed by atoms with E-state index in [0.717, 1.165) is 12.0 Å². The quantitative estimate of drug-likeness (QED) is 0.407. The molecule has 5 nitrogen and oxygen atoms in total. The molecule has 104 valence electrons. The topological polar surface area (TPSA) is 79.5 Å². The number of nitrogens with one attached hydrogen (secondary N) is 2. The summed E-state index contributed by atoms with van der Waals surface area (Å²) in [5.74, 6) is 0.348. The molecular formula is C14H22N4O. The number of hydrogen-bond acceptors (Lipinski definition) is 2. The molecule has 0 saturated heterocycles. The maximum absolute atomic E-state index is 11.8. The van der Waals surface area contributed by atoms with Crippen LogP contribution in [0.3, 0.4) is 0 Å². The molecule has 0 aliphatic rings. The van der Waals surface area contributed by atoms with Crippen molar-refractivity contribution in [3.05, 3.63) is 35.4 Å². The number of hydrogen-bond donors (Lipinski definition) is 3. The predicted molar refractivity (Wildman–Crippen MR) is 78.3 cm³/mol. The maximum Gasteiger partial charge on any atom is 0.251 e. The van der Waals surface area contributed by atoms with Crippen LogP contribution < -0.4 is 16.4 Å². The standard InChI is InChI=1S/C14H22N4O/c1-3-7-17-14(15)18-9-8-16-13(19)12-6-4-5-11(2)10-12/h4-6,10H,3,7-9H2,1-2H3,(H,16,19)(H3,15,17,18). The number of amides is 1. The van der Waals surface area contributed by atoms with Crippen LogP contribution in [-0.4, -0.2) is 31.5 Å². The van der Waals surface area contributed by atoms with Gasteiger partial charge in [-0.05, 0) is 25.5 Å². The first-order chi connectivity index (χ1) is 9.13. The molecule has 19 heavy (non-hydrogen) atoms. The molecule has 0 saturated carbocycles. The Hall–Kier alpha value is -2.04. The second-order valence-corrected chi connectivity index (χ2v) is 4.32. The molecule has 0 aliphatic heterocycles. The summed E-state index contributed by atoms with van der Waals surface area (Å²) in [5, 5.41) is 5.77. The molecule has 1 rings (SSSR count). The van der Waals surface area contributed by atoms with E-state index in [-0.39, 0.29) is 5.91 Å². The van der Waals surface area contributed by atoms with Gasteiger partial charge in [0.05, 0.1) is 0 Å². The van der Waals surface area contributed by atoms with Gasteiger partial charge in [0.1, 0.15) is 0 Å². The fourth-order valence-corrected chi connectivity index (χ4v) is 1.54. The largest absolute Gasteiger partial charge is 0.370 e. The molecule has 0 radical (unpaired) electrons. The summed E-state index contributed by atoms with van der Waals surface area (Å²) < 4.78 is 0. The Morgan fingerprint density at radius 2 is 2.05 bits per heavy atom. The van der Waals surface area contributed by atoms with Crippen molar-refractivity contribution in [2.75, 3.05) is 19.6 Å². The van der Waals surface area contributed by atoms with Crippen LogP contribution in [0.15, 0.2) is 29.3 Å². The lowest BCUT2D eigenvalue weighted by Gasteiger charge is -2.07. The molecule has 0 heterocycles. The molecule has 1 aromatic carbocycles. The SMILES string of the molecule is CCCN=C(N)NCCNC(=O)c1cccc(C)c1. The van der Waals surface area contributed by atoms with E-state index in [1.165, 1.54) is 0 Å². The number of carbonyl (C=O) groups excluding carboxylic acids is 1. The first-order valence-corrected chi connectivity index (χ1v) is 6.52. The Bertz CT molecular complexity index is 443. The van der Waals surface area contributed by atoms with Gasteiger partial charge in [0.2, 0.25) is 0 Å². The van der Waals surface area contributed by atoms with Gasteiger partial charge in [0.25, 0.3) is 5.91 Å². The van der Waals surface area contributed by atoms with E-state index >= 15 is 0 Å². The molecular weight excluding hydrogens is 240 g/mol. The van der Waals surface area contributed by atoms with Gasteiger partial charge >= 0.3 is 0 Å². The monoisotopic (exact) mass is 262 g/mol. The van der Waals surface area contributed by atoms with Gasteiger partial charge in [0.15, 0.2) is 5.96 Å². The van der Waals surface area contributed by atoms with Crippen molar-refractivity contribution in [3.63, 3.8) is 0 Å². The predicted octanol–water partition coefficient (Wildman–Crippen LogP) is 1.04. The lowest BCUT2D eigenvalue weighted by atomic mass is 10.1. The van der Waals surface area contributed by atoms with E-state index in [1.54, 1.807) is 6.07 Å². The minimum absolute atomic E-state index is 0.0745. The summed E-state index contributed by atoms with van der Waals surface area (Å²) >= 11 is 0. The third-order valence-corrected chi connectivity index (χ3v) is 2.50. The zero-order valence-corrected chi connectivity index (χ0v) is 11.6. The van der Waals surface area contributed by atoms with E-state index in [1.807, 2.05) is 32.0 Å². The van der Waals surface area contributed by atoms with Crippen molar-refractivity contribution >= 4 is 11.9 Å². The van der Waals surface area contributed by atoms with Gasteiger partial charge in [-0.2, -0.15) is 0 Å². The number of benzene rings is 1. The van der Waals surface area contributed by atoms with Crippen LogP contribution in [-0.2, 0) is 0 Å². The van der Waals surface area contributed by atoms with Gasteiger partial charge in [-0.1, -0.05) is 24.6 Å². The number of aliphatic imine (C=N–C) groups is 1. The number of guanidine groups is 1. The fourth-order valence-electron chi connectivity index (χ4n) is 1.54. The first-order valence-electron chi connectivity index (χ1n) is 6.52. The van der Waals surface area contributed by atoms with Gasteiger partial charge in [-0.15, -0.1) is 0 Å². The second-order valence-electron chi connectivity index (χ2n) is 4.32. The second kappa shape index (κ2) is 8.13. The Morgan fingerprint density at radius 3 is 2.74 bits per heavy atom. The summed E-state index contributed by atoms with van der Waals surface area (Å²) in [4.78, 5) is 15.9. The lowest BCUT2D eigenvalue weighted by Crippen LogP contribution is -2.38. The van der Waals surface area contributed by atoms with Crippen molar-refractivity contribution in [3.8, 4) is 0 Å². The van der Waals surface area contributed by atoms with E-state index in [2.05, 4.69) is 15.6 Å². The molecule has 0 unspecified atom stereocenters. The van der Waals surface area contributed by atoms with E-state index in [4.69, 9.17) is 5.73 Å². The Balaban J connectivity index is 2.28. The summed E-state index contributed by atoms with van der Waals surface area (Å²) in [6.45, 7) is 5.79. The van der Waals surface area contributed by atoms with Crippen LogP contribution in [0, 0.1) is 6.92 Å². The number of nitrogens with zero attached hydrogens (tertiary/aromatic N) is 1. The summed E-state index contributed by atoms with van der Waals surface area (Å²) in [6, 6.07) is 7.49. The summed E-state index contributed by atoms with van der Waals surface area (Å²) in [5.41, 5.74) is 7.38. The van der Waals surface area contributed by atoms with Gasteiger partial charge in [-0.3, -0.25) is 9.79 Å². The molecule has 4 N–H and O–H groups in total. The highest BCUT2D eigenvalue weighted by atomic mass is 16.1. The van der Waals surface area contributed by atoms with Crippen LogP contribution in [0.25, 0.3) is 0 Å². The van der Waals surface area contributed by atoms with Gasteiger partial charge in [-0.25, -0.2) is 0 Å². The molecule has 0 bridgehead atoms. The lowest BCUT2D eigenvalue weighted by molar-refractivity contribution is 0.0954. The van der Waals surface area contributed by atoms with Gasteiger partial charge in [0, 0.05) is 25.2 Å². The van der Waals surface area contributed by atoms with Crippen LogP contribution in [0.1, 0.15) is 29.3 Å². The van der Waals surface area contributed by atoms with E-state index < -0.39 is 0 Å². The Kier molecular flexibility index (Phi) is 6.43. The van der Waals surface area contributed by atoms with Crippen molar-refractivity contribution in [1.82, 2.24) is 10.6 Å². The molecule has 0 aliphatic carbocycles. The van der Waals surface area contributed by atoms with Crippen LogP contribution in [0.4, 0.5) is 0 Å². The summed E-state index contributed by atoms with van der Waals surface area (Å²) in [7, 11) is 0. The number of aryl methyl sites for hydroxylation is 1. The maximum atomic E-state index is 11.8. The third kappa shape index (κ3) is 5.90. The third-order valence-electron chi connectivity index (χ3n) is 2.50. The number of carbonyl (C=O) groups is 1. The van der Waals surface area contributed by atoms with Crippen molar-refractivity contribution in [1.29, 1.82) is 0 Å². The molecule has 0 aromatic heterocycles. The van der Waals surface area contributed by atoms with Crippen molar-refractivity contribution in [2.45, 2.75) is 20.3 Å². The zero-order valence-electron chi connectivity index (χ0n) is 11.6. The highest BCUT2D eigenvalue weighted by Crippen LogP contribution is 2.03. The Labute approximate surface area is 114 Å². The van der Waals surface area contributed by atoms with Crippen molar-refractivity contribution < 1.29 is 4.79 Å². The first kappa shape index (κ1) is 15.0. The molecule has 1 aromatic rings. The van der Waals surface area contributed by atoms with E-state index in [9.17, 15) is 4.79 Å². The fraction of sp³-hybridized carbons (Fsp3) is 0.429. The van der Waals surface area contributed by atoms with E-state index in [0.29, 0.717) is 31.2 Å². The Morgan fingerprint density at radius 1 is 1.32 bits per heavy atom. The molecule has 0 fully saturated rings. The molecule has 5 heteroatoms. The smallest absolute Gasteiger partial charge is 0.251 e. The average Bonchev–Trinajstić information content (AvgIpc) is 2.41. The molecule has 0 atom stereocenters. The van der Waals surface area contributed by atoms with Crippen molar-refractivity contribution in [2.24, 2.45) is 10.7 Å². The van der Waals surface area contributed by atoms with Crippen LogP contribution in [0.5, 0.6) is 0 Å². The number of nitrogens with two attached hydrogens (primary N) is 1. The van der Waals surface area contributed by atoms with Gasteiger partial charge < -0.3 is 16.4 Å². The highest BCUT2D eigenvalue weighted by Gasteiger charge is 2.03. The molecule has 1 amide bonds.